The molecule has 0 aliphatic heterocycles. The van der Waals surface area contributed by atoms with Gasteiger partial charge in [-0.1, -0.05) is 52.4 Å². The third-order valence-corrected chi connectivity index (χ3v) is 4.01. The van der Waals surface area contributed by atoms with E-state index in [2.05, 4.69) is 12.2 Å². The van der Waals surface area contributed by atoms with Crippen LogP contribution in [0.3, 0.4) is 0 Å². The van der Waals surface area contributed by atoms with Crippen LogP contribution in [0.2, 0.25) is 0 Å². The SMILES string of the molecule is CC[C@H](C)[C@H](N)C(=O)NC1CCCCCCC1. The summed E-state index contributed by atoms with van der Waals surface area (Å²) in [7, 11) is 0. The zero-order chi connectivity index (χ0) is 12.7. The van der Waals surface area contributed by atoms with Gasteiger partial charge in [-0.15, -0.1) is 0 Å². The molecule has 1 aliphatic rings. The van der Waals surface area contributed by atoms with E-state index in [0.29, 0.717) is 6.04 Å². The van der Waals surface area contributed by atoms with Crippen molar-refractivity contribution in [1.82, 2.24) is 5.32 Å². The number of carbonyl (C=O) groups is 1. The number of amides is 1. The van der Waals surface area contributed by atoms with Crippen LogP contribution in [0.25, 0.3) is 0 Å². The van der Waals surface area contributed by atoms with Gasteiger partial charge in [0.2, 0.25) is 5.91 Å². The number of nitrogens with two attached hydrogens (primary N) is 1. The first-order chi connectivity index (χ1) is 8.15. The van der Waals surface area contributed by atoms with Crippen LogP contribution in [0.1, 0.15) is 65.2 Å². The molecule has 0 heterocycles. The standard InChI is InChI=1S/C14H28N2O/c1-3-11(2)13(15)14(17)16-12-9-7-5-4-6-8-10-12/h11-13H,3-10,15H2,1-2H3,(H,16,17)/t11-,13-/m0/s1. The lowest BCUT2D eigenvalue weighted by Gasteiger charge is -2.24. The van der Waals surface area contributed by atoms with Gasteiger partial charge in [-0.25, -0.2) is 0 Å². The number of nitrogens with one attached hydrogen (secondary N) is 1. The second-order valence-electron chi connectivity index (χ2n) is 5.46. The maximum absolute atomic E-state index is 12.0. The molecule has 0 unspecified atom stereocenters. The highest BCUT2D eigenvalue weighted by atomic mass is 16.2. The van der Waals surface area contributed by atoms with Crippen molar-refractivity contribution in [3.63, 3.8) is 0 Å². The first-order valence-corrected chi connectivity index (χ1v) is 7.21. The Kier molecular flexibility index (Phi) is 6.56. The molecule has 1 saturated carbocycles. The number of carbonyl (C=O) groups excluding carboxylic acids is 1. The molecule has 2 atom stereocenters. The topological polar surface area (TPSA) is 55.1 Å². The van der Waals surface area contributed by atoms with Gasteiger partial charge in [-0.2, -0.15) is 0 Å². The molecule has 3 heteroatoms. The van der Waals surface area contributed by atoms with Crippen molar-refractivity contribution >= 4 is 5.91 Å². The average Bonchev–Trinajstić information content (AvgIpc) is 2.30. The predicted octanol–water partition coefficient (Wildman–Crippen LogP) is 2.59. The lowest BCUT2D eigenvalue weighted by atomic mass is 9.95. The van der Waals surface area contributed by atoms with Crippen LogP contribution in [0.5, 0.6) is 0 Å². The van der Waals surface area contributed by atoms with Crippen LogP contribution in [0.15, 0.2) is 0 Å². The molecule has 0 bridgehead atoms. The summed E-state index contributed by atoms with van der Waals surface area (Å²) in [5, 5.41) is 3.14. The van der Waals surface area contributed by atoms with Gasteiger partial charge in [-0.05, 0) is 18.8 Å². The lowest BCUT2D eigenvalue weighted by Crippen LogP contribution is -2.48. The van der Waals surface area contributed by atoms with Gasteiger partial charge in [0, 0.05) is 6.04 Å². The fourth-order valence-electron chi connectivity index (χ4n) is 2.41. The molecule has 100 valence electrons. The highest BCUT2D eigenvalue weighted by molar-refractivity contribution is 5.82. The van der Waals surface area contributed by atoms with Crippen LogP contribution in [0, 0.1) is 5.92 Å². The van der Waals surface area contributed by atoms with Crippen molar-refractivity contribution in [2.24, 2.45) is 11.7 Å². The first-order valence-electron chi connectivity index (χ1n) is 7.21. The van der Waals surface area contributed by atoms with Gasteiger partial charge in [0.1, 0.15) is 0 Å². The molecular formula is C14H28N2O. The van der Waals surface area contributed by atoms with E-state index in [1.165, 1.54) is 32.1 Å². The summed E-state index contributed by atoms with van der Waals surface area (Å²) in [5.41, 5.74) is 5.95. The molecule has 0 radical (unpaired) electrons. The van der Waals surface area contributed by atoms with Crippen molar-refractivity contribution < 1.29 is 4.79 Å². The van der Waals surface area contributed by atoms with Crippen molar-refractivity contribution in [2.45, 2.75) is 77.3 Å². The van der Waals surface area contributed by atoms with Gasteiger partial charge in [-0.3, -0.25) is 4.79 Å². The highest BCUT2D eigenvalue weighted by Crippen LogP contribution is 2.17. The van der Waals surface area contributed by atoms with Gasteiger partial charge in [0.15, 0.2) is 0 Å². The molecule has 1 aliphatic carbocycles. The summed E-state index contributed by atoms with van der Waals surface area (Å²) in [5.74, 6) is 0.313. The second-order valence-corrected chi connectivity index (χ2v) is 5.46. The molecule has 0 aromatic rings. The summed E-state index contributed by atoms with van der Waals surface area (Å²) in [6, 6.07) is 0.0170. The summed E-state index contributed by atoms with van der Waals surface area (Å²) in [6.07, 6.45) is 9.66. The summed E-state index contributed by atoms with van der Waals surface area (Å²) >= 11 is 0. The van der Waals surface area contributed by atoms with Gasteiger partial charge >= 0.3 is 0 Å². The molecule has 0 aromatic heterocycles. The third kappa shape index (κ3) is 5.07. The summed E-state index contributed by atoms with van der Waals surface area (Å²) in [4.78, 5) is 12.0. The third-order valence-electron chi connectivity index (χ3n) is 4.01. The van der Waals surface area contributed by atoms with Crippen LogP contribution in [0.4, 0.5) is 0 Å². The fraction of sp³-hybridized carbons (Fsp3) is 0.929. The molecule has 0 spiro atoms. The highest BCUT2D eigenvalue weighted by Gasteiger charge is 2.22. The zero-order valence-corrected chi connectivity index (χ0v) is 11.4. The minimum atomic E-state index is -0.342. The Balaban J connectivity index is 2.37. The molecule has 1 amide bonds. The van der Waals surface area contributed by atoms with E-state index in [1.54, 1.807) is 0 Å². The average molecular weight is 240 g/mol. The van der Waals surface area contributed by atoms with Crippen molar-refractivity contribution in [3.8, 4) is 0 Å². The van der Waals surface area contributed by atoms with E-state index in [-0.39, 0.29) is 17.9 Å². The molecular weight excluding hydrogens is 212 g/mol. The largest absolute Gasteiger partial charge is 0.352 e. The molecule has 0 aromatic carbocycles. The Labute approximate surface area is 106 Å². The molecule has 3 nitrogen and oxygen atoms in total. The number of rotatable bonds is 4. The summed E-state index contributed by atoms with van der Waals surface area (Å²) < 4.78 is 0. The molecule has 1 fully saturated rings. The number of hydrogen-bond acceptors (Lipinski definition) is 2. The smallest absolute Gasteiger partial charge is 0.237 e. The van der Waals surface area contributed by atoms with Crippen LogP contribution >= 0.6 is 0 Å². The van der Waals surface area contributed by atoms with E-state index >= 15 is 0 Å². The molecule has 17 heavy (non-hydrogen) atoms. The van der Waals surface area contributed by atoms with Crippen LogP contribution < -0.4 is 11.1 Å². The van der Waals surface area contributed by atoms with Gasteiger partial charge < -0.3 is 11.1 Å². The predicted molar refractivity (Wildman–Crippen MR) is 71.7 cm³/mol. The molecule has 0 saturated heterocycles. The monoisotopic (exact) mass is 240 g/mol. The van der Waals surface area contributed by atoms with Crippen molar-refractivity contribution in [1.29, 1.82) is 0 Å². The van der Waals surface area contributed by atoms with Crippen LogP contribution in [-0.4, -0.2) is 18.0 Å². The quantitative estimate of drug-likeness (QED) is 0.793. The van der Waals surface area contributed by atoms with E-state index in [9.17, 15) is 4.79 Å². The summed E-state index contributed by atoms with van der Waals surface area (Å²) in [6.45, 7) is 4.12. The minimum Gasteiger partial charge on any atom is -0.352 e. The minimum absolute atomic E-state index is 0.0462. The van der Waals surface area contributed by atoms with Crippen molar-refractivity contribution in [2.75, 3.05) is 0 Å². The molecule has 3 N–H and O–H groups in total. The maximum atomic E-state index is 12.0. The van der Waals surface area contributed by atoms with Crippen molar-refractivity contribution in [3.05, 3.63) is 0 Å². The maximum Gasteiger partial charge on any atom is 0.237 e. The fourth-order valence-corrected chi connectivity index (χ4v) is 2.41. The van der Waals surface area contributed by atoms with Crippen LogP contribution in [-0.2, 0) is 4.79 Å². The first kappa shape index (κ1) is 14.5. The Hall–Kier alpha value is -0.570. The van der Waals surface area contributed by atoms with E-state index in [1.807, 2.05) is 6.92 Å². The van der Waals surface area contributed by atoms with Gasteiger partial charge in [0.25, 0.3) is 0 Å². The van der Waals surface area contributed by atoms with E-state index in [4.69, 9.17) is 5.73 Å². The zero-order valence-electron chi connectivity index (χ0n) is 11.4. The Morgan fingerprint density at radius 1 is 1.24 bits per heavy atom. The second kappa shape index (κ2) is 7.70. The Morgan fingerprint density at radius 3 is 2.29 bits per heavy atom. The Morgan fingerprint density at radius 2 is 1.76 bits per heavy atom. The van der Waals surface area contributed by atoms with Gasteiger partial charge in [0.05, 0.1) is 6.04 Å². The Bertz CT molecular complexity index is 222. The van der Waals surface area contributed by atoms with E-state index < -0.39 is 0 Å². The molecule has 1 rings (SSSR count). The lowest BCUT2D eigenvalue weighted by molar-refractivity contribution is -0.124. The van der Waals surface area contributed by atoms with E-state index in [0.717, 1.165) is 19.3 Å². The normalized spacial score (nSPS) is 22.3. The number of hydrogen-bond donors (Lipinski definition) is 2.